The van der Waals surface area contributed by atoms with Gasteiger partial charge < -0.3 is 15.2 Å². The first-order valence-corrected chi connectivity index (χ1v) is 9.41. The van der Waals surface area contributed by atoms with E-state index in [1.54, 1.807) is 12.3 Å². The average Bonchev–Trinajstić information content (AvgIpc) is 3.09. The molecule has 0 aliphatic rings. The maximum Gasteiger partial charge on any atom is 0.416 e. The minimum Gasteiger partial charge on any atom is -0.361 e. The number of nitrogens with one attached hydrogen (secondary N) is 2. The first-order valence-electron chi connectivity index (χ1n) is 9.41. The van der Waals surface area contributed by atoms with Crippen LogP contribution >= 0.6 is 0 Å². The molecular formula is C22H24F3N3O. The molecule has 0 bridgehead atoms. The van der Waals surface area contributed by atoms with Crippen molar-refractivity contribution in [2.75, 3.05) is 27.2 Å². The Kier molecular flexibility index (Phi) is 6.27. The Labute approximate surface area is 167 Å². The number of likely N-dealkylation sites (N-methyl/N-ethyl adjacent to an activating group) is 1. The van der Waals surface area contributed by atoms with E-state index in [1.165, 1.54) is 12.1 Å². The van der Waals surface area contributed by atoms with Crippen LogP contribution in [0.5, 0.6) is 0 Å². The zero-order valence-corrected chi connectivity index (χ0v) is 16.4. The molecule has 7 heteroatoms. The third-order valence-electron chi connectivity index (χ3n) is 4.91. The molecule has 1 amide bonds. The Bertz CT molecular complexity index is 979. The van der Waals surface area contributed by atoms with E-state index in [9.17, 15) is 18.0 Å². The summed E-state index contributed by atoms with van der Waals surface area (Å²) in [5, 5.41) is 3.63. The van der Waals surface area contributed by atoms with Gasteiger partial charge in [-0.15, -0.1) is 0 Å². The van der Waals surface area contributed by atoms with Crippen molar-refractivity contribution in [2.45, 2.75) is 18.5 Å². The molecule has 0 spiro atoms. The molecule has 0 aliphatic heterocycles. The van der Waals surface area contributed by atoms with Crippen molar-refractivity contribution in [1.82, 2.24) is 15.2 Å². The Morgan fingerprint density at radius 3 is 2.48 bits per heavy atom. The Morgan fingerprint density at radius 2 is 1.76 bits per heavy atom. The molecule has 1 atom stereocenters. The van der Waals surface area contributed by atoms with Gasteiger partial charge in [0, 0.05) is 42.5 Å². The Hall–Kier alpha value is -2.80. The number of halogens is 3. The number of para-hydroxylation sites is 1. The van der Waals surface area contributed by atoms with Gasteiger partial charge >= 0.3 is 6.18 Å². The fraction of sp³-hybridized carbons (Fsp3) is 0.318. The van der Waals surface area contributed by atoms with Crippen LogP contribution in [0.25, 0.3) is 10.9 Å². The molecule has 3 rings (SSSR count). The van der Waals surface area contributed by atoms with E-state index < -0.39 is 17.7 Å². The predicted molar refractivity (Wildman–Crippen MR) is 108 cm³/mol. The number of amides is 1. The number of benzene rings is 2. The van der Waals surface area contributed by atoms with Crippen LogP contribution in [0.15, 0.2) is 54.7 Å². The summed E-state index contributed by atoms with van der Waals surface area (Å²) in [5.74, 6) is -0.998. The maximum absolute atomic E-state index is 13.7. The van der Waals surface area contributed by atoms with E-state index in [0.29, 0.717) is 18.7 Å². The molecule has 0 aliphatic carbocycles. The van der Waals surface area contributed by atoms with Gasteiger partial charge in [-0.25, -0.2) is 0 Å². The minimum atomic E-state index is -4.50. The molecule has 0 unspecified atom stereocenters. The second-order valence-electron chi connectivity index (χ2n) is 7.28. The van der Waals surface area contributed by atoms with Gasteiger partial charge in [0.05, 0.1) is 5.56 Å². The number of aromatic amines is 1. The molecule has 3 aromatic rings. The van der Waals surface area contributed by atoms with Crippen molar-refractivity contribution in [3.8, 4) is 0 Å². The molecule has 0 saturated heterocycles. The molecule has 1 heterocycles. The van der Waals surface area contributed by atoms with Crippen molar-refractivity contribution in [2.24, 2.45) is 0 Å². The standard InChI is InChI=1S/C22H24F3N3O/c1-28(2)12-11-26-21(29)13-17(15-7-3-5-9-19(15)22(23,24)25)18-14-27-20-10-6-4-8-16(18)20/h3-10,14,17,27H,11-13H2,1-2H3,(H,26,29)/t17-/m1/s1. The second-order valence-corrected chi connectivity index (χ2v) is 7.28. The minimum absolute atomic E-state index is 0.0671. The van der Waals surface area contributed by atoms with Crippen LogP contribution in [0.2, 0.25) is 0 Å². The monoisotopic (exact) mass is 403 g/mol. The van der Waals surface area contributed by atoms with Crippen molar-refractivity contribution < 1.29 is 18.0 Å². The van der Waals surface area contributed by atoms with Gasteiger partial charge in [0.2, 0.25) is 5.91 Å². The normalized spacial score (nSPS) is 13.0. The summed E-state index contributed by atoms with van der Waals surface area (Å²) in [7, 11) is 3.78. The fourth-order valence-corrected chi connectivity index (χ4v) is 3.51. The van der Waals surface area contributed by atoms with E-state index in [4.69, 9.17) is 0 Å². The van der Waals surface area contributed by atoms with E-state index in [-0.39, 0.29) is 17.9 Å². The quantitative estimate of drug-likeness (QED) is 0.615. The van der Waals surface area contributed by atoms with Gasteiger partial charge in [-0.05, 0) is 37.4 Å². The van der Waals surface area contributed by atoms with Crippen molar-refractivity contribution in [1.29, 1.82) is 0 Å². The molecule has 2 N–H and O–H groups in total. The van der Waals surface area contributed by atoms with E-state index in [1.807, 2.05) is 43.3 Å². The predicted octanol–water partition coefficient (Wildman–Crippen LogP) is 4.39. The fourth-order valence-electron chi connectivity index (χ4n) is 3.51. The number of aromatic nitrogens is 1. The summed E-state index contributed by atoms with van der Waals surface area (Å²) in [5.41, 5.74) is 0.897. The molecule has 29 heavy (non-hydrogen) atoms. The molecule has 0 saturated carbocycles. The third-order valence-corrected chi connectivity index (χ3v) is 4.91. The largest absolute Gasteiger partial charge is 0.416 e. The summed E-state index contributed by atoms with van der Waals surface area (Å²) in [6.45, 7) is 1.09. The van der Waals surface area contributed by atoms with Gasteiger partial charge in [-0.2, -0.15) is 13.2 Å². The molecule has 4 nitrogen and oxygen atoms in total. The van der Waals surface area contributed by atoms with Crippen LogP contribution in [0, 0.1) is 0 Å². The lowest BCUT2D eigenvalue weighted by Crippen LogP contribution is -2.32. The molecule has 0 radical (unpaired) electrons. The number of carbonyl (C=O) groups is 1. The van der Waals surface area contributed by atoms with Gasteiger partial charge in [-0.3, -0.25) is 4.79 Å². The zero-order valence-electron chi connectivity index (χ0n) is 16.4. The summed E-state index contributed by atoms with van der Waals surface area (Å²) in [4.78, 5) is 17.6. The van der Waals surface area contributed by atoms with Gasteiger partial charge in [0.15, 0.2) is 0 Å². The molecular weight excluding hydrogens is 379 g/mol. The van der Waals surface area contributed by atoms with Crippen LogP contribution in [0.4, 0.5) is 13.2 Å². The molecule has 154 valence electrons. The highest BCUT2D eigenvalue weighted by Crippen LogP contribution is 2.40. The highest BCUT2D eigenvalue weighted by molar-refractivity contribution is 5.86. The van der Waals surface area contributed by atoms with E-state index in [0.717, 1.165) is 17.0 Å². The second kappa shape index (κ2) is 8.69. The number of alkyl halides is 3. The topological polar surface area (TPSA) is 48.1 Å². The lowest BCUT2D eigenvalue weighted by Gasteiger charge is -2.22. The highest BCUT2D eigenvalue weighted by Gasteiger charge is 2.36. The summed E-state index contributed by atoms with van der Waals surface area (Å²) >= 11 is 0. The number of nitrogens with zero attached hydrogens (tertiary/aromatic N) is 1. The Balaban J connectivity index is 2.01. The average molecular weight is 403 g/mol. The van der Waals surface area contributed by atoms with Crippen molar-refractivity contribution in [3.05, 3.63) is 71.4 Å². The SMILES string of the molecule is CN(C)CCNC(=O)C[C@H](c1ccccc1C(F)(F)F)c1c[nH]c2ccccc12. The van der Waals surface area contributed by atoms with Crippen LogP contribution in [-0.4, -0.2) is 43.0 Å². The first kappa shape index (κ1) is 20.9. The van der Waals surface area contributed by atoms with Crippen molar-refractivity contribution >= 4 is 16.8 Å². The van der Waals surface area contributed by atoms with Gasteiger partial charge in [0.1, 0.15) is 0 Å². The number of rotatable bonds is 7. The molecule has 0 fully saturated rings. The van der Waals surface area contributed by atoms with Gasteiger partial charge in [0.25, 0.3) is 0 Å². The smallest absolute Gasteiger partial charge is 0.361 e. The van der Waals surface area contributed by atoms with Crippen LogP contribution in [0.1, 0.15) is 29.0 Å². The van der Waals surface area contributed by atoms with E-state index >= 15 is 0 Å². The van der Waals surface area contributed by atoms with Gasteiger partial charge in [-0.1, -0.05) is 36.4 Å². The number of H-pyrrole nitrogens is 1. The lowest BCUT2D eigenvalue weighted by molar-refractivity contribution is -0.138. The van der Waals surface area contributed by atoms with Crippen LogP contribution < -0.4 is 5.32 Å². The first-order chi connectivity index (χ1) is 13.8. The van der Waals surface area contributed by atoms with E-state index in [2.05, 4.69) is 10.3 Å². The maximum atomic E-state index is 13.7. The molecule has 1 aromatic heterocycles. The van der Waals surface area contributed by atoms with Crippen LogP contribution in [0.3, 0.4) is 0 Å². The number of hydrogen-bond donors (Lipinski definition) is 2. The molecule has 2 aromatic carbocycles. The summed E-state index contributed by atoms with van der Waals surface area (Å²) in [6.07, 6.45) is -2.86. The summed E-state index contributed by atoms with van der Waals surface area (Å²) in [6, 6.07) is 12.9. The highest BCUT2D eigenvalue weighted by atomic mass is 19.4. The number of hydrogen-bond acceptors (Lipinski definition) is 2. The third kappa shape index (κ3) is 4.98. The number of fused-ring (bicyclic) bond motifs is 1. The summed E-state index contributed by atoms with van der Waals surface area (Å²) < 4.78 is 41.0. The van der Waals surface area contributed by atoms with Crippen LogP contribution in [-0.2, 0) is 11.0 Å². The zero-order chi connectivity index (χ0) is 21.0. The lowest BCUT2D eigenvalue weighted by atomic mass is 9.85. The number of carbonyl (C=O) groups excluding carboxylic acids is 1. The Morgan fingerprint density at radius 1 is 1.07 bits per heavy atom. The van der Waals surface area contributed by atoms with Crippen molar-refractivity contribution in [3.63, 3.8) is 0 Å².